The highest BCUT2D eigenvalue weighted by Crippen LogP contribution is 2.28. The number of rotatable bonds is 6. The summed E-state index contributed by atoms with van der Waals surface area (Å²) in [7, 11) is -2.57. The van der Waals surface area contributed by atoms with Gasteiger partial charge in [-0.05, 0) is 36.4 Å². The second-order valence-electron chi connectivity index (χ2n) is 7.01. The number of carbonyl (C=O) groups is 2. The number of amides is 2. The molecule has 0 aliphatic carbocycles. The van der Waals surface area contributed by atoms with E-state index in [9.17, 15) is 31.2 Å². The third kappa shape index (κ3) is 4.91. The molecule has 1 aromatic carbocycles. The number of nitrogens with one attached hydrogen (secondary N) is 1. The zero-order valence-corrected chi connectivity index (χ0v) is 18.2. The molecule has 1 aliphatic rings. The number of anilines is 1. The molecule has 2 heterocycles. The van der Waals surface area contributed by atoms with E-state index in [2.05, 4.69) is 5.32 Å². The van der Waals surface area contributed by atoms with Crippen molar-refractivity contribution in [2.45, 2.75) is 24.2 Å². The van der Waals surface area contributed by atoms with Crippen molar-refractivity contribution in [1.82, 2.24) is 9.21 Å². The predicted octanol–water partition coefficient (Wildman–Crippen LogP) is 3.05. The molecule has 1 aromatic heterocycles. The van der Waals surface area contributed by atoms with E-state index < -0.39 is 51.5 Å². The average molecular weight is 476 g/mol. The van der Waals surface area contributed by atoms with Gasteiger partial charge in [0, 0.05) is 20.1 Å². The molecule has 1 N–H and O–H groups in total. The monoisotopic (exact) mass is 475 g/mol. The largest absolute Gasteiger partial charge is 0.332 e. The van der Waals surface area contributed by atoms with Crippen LogP contribution in [-0.2, 0) is 14.8 Å². The van der Waals surface area contributed by atoms with Gasteiger partial charge in [-0.25, -0.2) is 21.6 Å². The second-order valence-corrected chi connectivity index (χ2v) is 9.83. The minimum absolute atomic E-state index is 0.0418. The molecule has 7 nitrogen and oxygen atoms in total. The molecule has 168 valence electrons. The van der Waals surface area contributed by atoms with Crippen LogP contribution in [0.15, 0.2) is 28.5 Å². The third-order valence-electron chi connectivity index (χ3n) is 4.79. The lowest BCUT2D eigenvalue weighted by atomic mass is 10.2. The summed E-state index contributed by atoms with van der Waals surface area (Å²) in [6, 6.07) is 2.87. The van der Waals surface area contributed by atoms with Crippen molar-refractivity contribution in [3.8, 4) is 0 Å². The average Bonchev–Trinajstić information content (AvgIpc) is 3.25. The summed E-state index contributed by atoms with van der Waals surface area (Å²) in [5.41, 5.74) is -0.575. The minimum Gasteiger partial charge on any atom is -0.332 e. The number of thiophene rings is 1. The number of carbonyl (C=O) groups excluding carboxylic acids is 2. The highest BCUT2D eigenvalue weighted by atomic mass is 32.2. The van der Waals surface area contributed by atoms with Crippen LogP contribution in [0.25, 0.3) is 0 Å². The maximum absolute atomic E-state index is 13.7. The van der Waals surface area contributed by atoms with Gasteiger partial charge in [0.2, 0.25) is 15.9 Å². The Morgan fingerprint density at radius 2 is 1.77 bits per heavy atom. The first-order valence-electron chi connectivity index (χ1n) is 9.39. The molecular weight excluding hydrogens is 455 g/mol. The number of piperidine rings is 1. The molecule has 12 heteroatoms. The van der Waals surface area contributed by atoms with Crippen molar-refractivity contribution in [2.75, 3.05) is 32.0 Å². The molecule has 0 unspecified atom stereocenters. The Bertz CT molecular complexity index is 1100. The Labute approximate surface area is 181 Å². The summed E-state index contributed by atoms with van der Waals surface area (Å²) in [5.74, 6) is -6.25. The van der Waals surface area contributed by atoms with Crippen LogP contribution in [-0.4, -0.2) is 56.1 Å². The summed E-state index contributed by atoms with van der Waals surface area (Å²) >= 11 is 0.934. The van der Waals surface area contributed by atoms with E-state index in [4.69, 9.17) is 0 Å². The van der Waals surface area contributed by atoms with Crippen LogP contribution in [0.1, 0.15) is 28.9 Å². The quantitative estimate of drug-likeness (QED) is 0.651. The molecule has 1 saturated heterocycles. The van der Waals surface area contributed by atoms with Gasteiger partial charge in [-0.2, -0.15) is 4.31 Å². The van der Waals surface area contributed by atoms with E-state index >= 15 is 0 Å². The van der Waals surface area contributed by atoms with Crippen molar-refractivity contribution in [2.24, 2.45) is 0 Å². The van der Waals surface area contributed by atoms with Crippen molar-refractivity contribution in [3.63, 3.8) is 0 Å². The van der Waals surface area contributed by atoms with Gasteiger partial charge in [0.05, 0.1) is 12.2 Å². The molecular formula is C19H20F3N3O4S2. The lowest BCUT2D eigenvalue weighted by molar-refractivity contribution is -0.116. The van der Waals surface area contributed by atoms with Gasteiger partial charge in [0.25, 0.3) is 5.91 Å². The Kier molecular flexibility index (Phi) is 7.02. The Hall–Kier alpha value is -2.44. The lowest BCUT2D eigenvalue weighted by Gasteiger charge is -2.26. The number of hydrogen-bond donors (Lipinski definition) is 1. The van der Waals surface area contributed by atoms with Crippen LogP contribution in [0.3, 0.4) is 0 Å². The van der Waals surface area contributed by atoms with Crippen LogP contribution in [0.5, 0.6) is 0 Å². The van der Waals surface area contributed by atoms with Crippen molar-refractivity contribution in [1.29, 1.82) is 0 Å². The Balaban J connectivity index is 1.72. The normalized spacial score (nSPS) is 15.0. The van der Waals surface area contributed by atoms with Gasteiger partial charge >= 0.3 is 0 Å². The first-order chi connectivity index (χ1) is 14.6. The first kappa shape index (κ1) is 23.2. The maximum atomic E-state index is 13.7. The fourth-order valence-corrected chi connectivity index (χ4v) is 6.08. The number of hydrogen-bond acceptors (Lipinski definition) is 5. The van der Waals surface area contributed by atoms with Gasteiger partial charge in [0.1, 0.15) is 9.77 Å². The van der Waals surface area contributed by atoms with Crippen molar-refractivity contribution in [3.05, 3.63) is 45.9 Å². The fraction of sp³-hybridized carbons (Fsp3) is 0.368. The summed E-state index contributed by atoms with van der Waals surface area (Å²) in [6.07, 6.45) is 2.43. The standard InChI is InChI=1S/C19H20F3N3O4S2/c1-24(11-15(26)23-13-6-5-12(20)16(21)17(13)22)19(27)18-14(7-10-30-18)31(28,29)25-8-3-2-4-9-25/h5-7,10H,2-4,8-9,11H2,1H3,(H,23,26). The SMILES string of the molecule is CN(CC(=O)Nc1ccc(F)c(F)c1F)C(=O)c1sccc1S(=O)(=O)N1CCCCC1. The number of halogens is 3. The van der Waals surface area contributed by atoms with Crippen molar-refractivity contribution < 1.29 is 31.2 Å². The molecule has 0 spiro atoms. The molecule has 1 fully saturated rings. The van der Waals surface area contributed by atoms with E-state index in [1.165, 1.54) is 22.8 Å². The highest BCUT2D eigenvalue weighted by Gasteiger charge is 2.32. The smallest absolute Gasteiger partial charge is 0.265 e. The van der Waals surface area contributed by atoms with Gasteiger partial charge in [0.15, 0.2) is 17.5 Å². The second kappa shape index (κ2) is 9.37. The summed E-state index contributed by atoms with van der Waals surface area (Å²) in [6.45, 7) is 0.200. The van der Waals surface area contributed by atoms with Crippen LogP contribution >= 0.6 is 11.3 Å². The third-order valence-corrected chi connectivity index (χ3v) is 7.77. The van der Waals surface area contributed by atoms with E-state index in [1.807, 2.05) is 0 Å². The topological polar surface area (TPSA) is 86.8 Å². The summed E-state index contributed by atoms with van der Waals surface area (Å²) in [4.78, 5) is 25.8. The fourth-order valence-electron chi connectivity index (χ4n) is 3.17. The first-order valence-corrected chi connectivity index (χ1v) is 11.7. The number of sulfonamides is 1. The molecule has 2 amide bonds. The van der Waals surface area contributed by atoms with Gasteiger partial charge in [-0.15, -0.1) is 11.3 Å². The molecule has 0 saturated carbocycles. The molecule has 0 atom stereocenters. The molecule has 31 heavy (non-hydrogen) atoms. The number of likely N-dealkylation sites (N-methyl/N-ethyl adjacent to an activating group) is 1. The Morgan fingerprint density at radius 1 is 1.10 bits per heavy atom. The molecule has 0 bridgehead atoms. The predicted molar refractivity (Wildman–Crippen MR) is 109 cm³/mol. The number of benzene rings is 1. The van der Waals surface area contributed by atoms with Gasteiger partial charge in [-0.1, -0.05) is 6.42 Å². The van der Waals surface area contributed by atoms with E-state index in [-0.39, 0.29) is 9.77 Å². The van der Waals surface area contributed by atoms with E-state index in [1.54, 1.807) is 0 Å². The minimum atomic E-state index is -3.85. The van der Waals surface area contributed by atoms with Gasteiger partial charge in [-0.3, -0.25) is 9.59 Å². The van der Waals surface area contributed by atoms with Crippen LogP contribution in [0.4, 0.5) is 18.9 Å². The molecule has 3 rings (SSSR count). The van der Waals surface area contributed by atoms with Gasteiger partial charge < -0.3 is 10.2 Å². The van der Waals surface area contributed by atoms with Crippen molar-refractivity contribution >= 4 is 38.9 Å². The molecule has 0 radical (unpaired) electrons. The lowest BCUT2D eigenvalue weighted by Crippen LogP contribution is -2.38. The number of nitrogens with zero attached hydrogens (tertiary/aromatic N) is 2. The van der Waals surface area contributed by atoms with Crippen LogP contribution in [0.2, 0.25) is 0 Å². The molecule has 2 aromatic rings. The van der Waals surface area contributed by atoms with Crippen LogP contribution < -0.4 is 5.32 Å². The van der Waals surface area contributed by atoms with E-state index in [0.29, 0.717) is 19.2 Å². The zero-order valence-electron chi connectivity index (χ0n) is 16.5. The van der Waals surface area contributed by atoms with E-state index in [0.717, 1.165) is 41.6 Å². The maximum Gasteiger partial charge on any atom is 0.265 e. The summed E-state index contributed by atoms with van der Waals surface area (Å²) < 4.78 is 67.2. The molecule has 1 aliphatic heterocycles. The van der Waals surface area contributed by atoms with Crippen LogP contribution in [0, 0.1) is 17.5 Å². The zero-order chi connectivity index (χ0) is 22.8. The highest BCUT2D eigenvalue weighted by molar-refractivity contribution is 7.89. The summed E-state index contributed by atoms with van der Waals surface area (Å²) in [5, 5.41) is 3.55. The Morgan fingerprint density at radius 3 is 2.45 bits per heavy atom.